The van der Waals surface area contributed by atoms with Crippen molar-refractivity contribution in [1.82, 2.24) is 15.1 Å². The normalized spacial score (nSPS) is 10.8. The summed E-state index contributed by atoms with van der Waals surface area (Å²) in [4.78, 5) is 14.4. The lowest BCUT2D eigenvalue weighted by Gasteiger charge is -2.17. The Morgan fingerprint density at radius 3 is 2.62 bits per heavy atom. The van der Waals surface area contributed by atoms with E-state index >= 15 is 0 Å². The zero-order chi connectivity index (χ0) is 22.3. The predicted molar refractivity (Wildman–Crippen MR) is 131 cm³/mol. The average molecular weight is 465 g/mol. The molecule has 3 aromatic carbocycles. The third kappa shape index (κ3) is 5.77. The number of amides is 1. The van der Waals surface area contributed by atoms with Gasteiger partial charge in [0.05, 0.1) is 12.9 Å². The van der Waals surface area contributed by atoms with Crippen molar-refractivity contribution in [2.24, 2.45) is 0 Å². The molecule has 0 aliphatic heterocycles. The summed E-state index contributed by atoms with van der Waals surface area (Å²) in [5.41, 5.74) is 2.27. The topological polar surface area (TPSA) is 67.3 Å². The maximum atomic E-state index is 12.6. The number of carbonyl (C=O) groups excluding carboxylic acids is 1. The molecule has 0 radical (unpaired) electrons. The van der Waals surface area contributed by atoms with Crippen LogP contribution >= 0.6 is 23.1 Å². The zero-order valence-electron chi connectivity index (χ0n) is 17.9. The van der Waals surface area contributed by atoms with Gasteiger partial charge in [-0.2, -0.15) is 0 Å². The van der Waals surface area contributed by atoms with Gasteiger partial charge in [-0.1, -0.05) is 71.6 Å². The Balaban J connectivity index is 1.27. The van der Waals surface area contributed by atoms with Gasteiger partial charge in [0.15, 0.2) is 4.34 Å². The van der Waals surface area contributed by atoms with Crippen LogP contribution in [0.5, 0.6) is 5.75 Å². The SMILES string of the molecule is COc1ccc2cc(CN(C)C(=O)CSc3nnc(NCc4ccccc4)s3)ccc2c1. The molecule has 0 fully saturated rings. The predicted octanol–water partition coefficient (Wildman–Crippen LogP) is 5.06. The Bertz CT molecular complexity index is 1200. The van der Waals surface area contributed by atoms with Crippen LogP contribution in [0.4, 0.5) is 5.13 Å². The number of carbonyl (C=O) groups is 1. The number of hydrogen-bond acceptors (Lipinski definition) is 7. The van der Waals surface area contributed by atoms with E-state index in [-0.39, 0.29) is 5.91 Å². The number of nitrogens with zero attached hydrogens (tertiary/aromatic N) is 3. The van der Waals surface area contributed by atoms with Gasteiger partial charge in [-0.25, -0.2) is 0 Å². The summed E-state index contributed by atoms with van der Waals surface area (Å²) < 4.78 is 6.06. The molecule has 1 heterocycles. The highest BCUT2D eigenvalue weighted by atomic mass is 32.2. The van der Waals surface area contributed by atoms with Gasteiger partial charge < -0.3 is 15.0 Å². The molecular weight excluding hydrogens is 440 g/mol. The number of ether oxygens (including phenoxy) is 1. The summed E-state index contributed by atoms with van der Waals surface area (Å²) in [5, 5.41) is 14.6. The number of fused-ring (bicyclic) bond motifs is 1. The summed E-state index contributed by atoms with van der Waals surface area (Å²) in [5.74, 6) is 1.22. The first-order chi connectivity index (χ1) is 15.6. The van der Waals surface area contributed by atoms with Gasteiger partial charge in [-0.05, 0) is 40.1 Å². The first kappa shape index (κ1) is 22.1. The molecule has 1 N–H and O–H groups in total. The fraction of sp³-hybridized carbons (Fsp3) is 0.208. The van der Waals surface area contributed by atoms with E-state index in [4.69, 9.17) is 4.74 Å². The highest BCUT2D eigenvalue weighted by Crippen LogP contribution is 2.26. The second-order valence-corrected chi connectivity index (χ2v) is 9.50. The van der Waals surface area contributed by atoms with Gasteiger partial charge in [-0.3, -0.25) is 4.79 Å². The van der Waals surface area contributed by atoms with Crippen molar-refractivity contribution in [1.29, 1.82) is 0 Å². The van der Waals surface area contributed by atoms with Crippen molar-refractivity contribution >= 4 is 44.9 Å². The molecule has 0 saturated carbocycles. The van der Waals surface area contributed by atoms with Crippen molar-refractivity contribution in [3.8, 4) is 5.75 Å². The maximum Gasteiger partial charge on any atom is 0.233 e. The molecule has 8 heteroatoms. The minimum atomic E-state index is 0.0545. The summed E-state index contributed by atoms with van der Waals surface area (Å²) >= 11 is 2.88. The van der Waals surface area contributed by atoms with Gasteiger partial charge in [-0.15, -0.1) is 10.2 Å². The first-order valence-electron chi connectivity index (χ1n) is 10.2. The summed E-state index contributed by atoms with van der Waals surface area (Å²) in [6.07, 6.45) is 0. The van der Waals surface area contributed by atoms with Crippen LogP contribution in [0.1, 0.15) is 11.1 Å². The van der Waals surface area contributed by atoms with Crippen molar-refractivity contribution < 1.29 is 9.53 Å². The molecule has 6 nitrogen and oxygen atoms in total. The van der Waals surface area contributed by atoms with Crippen LogP contribution < -0.4 is 10.1 Å². The van der Waals surface area contributed by atoms with Crippen LogP contribution in [0.2, 0.25) is 0 Å². The molecule has 1 aromatic heterocycles. The third-order valence-electron chi connectivity index (χ3n) is 4.97. The lowest BCUT2D eigenvalue weighted by atomic mass is 10.1. The molecule has 0 aliphatic rings. The van der Waals surface area contributed by atoms with E-state index in [0.717, 1.165) is 31.6 Å². The summed E-state index contributed by atoms with van der Waals surface area (Å²) in [6, 6.07) is 22.3. The molecule has 4 aromatic rings. The number of nitrogens with one attached hydrogen (secondary N) is 1. The van der Waals surface area contributed by atoms with E-state index in [2.05, 4.69) is 39.8 Å². The van der Waals surface area contributed by atoms with E-state index < -0.39 is 0 Å². The zero-order valence-corrected chi connectivity index (χ0v) is 19.6. The molecule has 0 saturated heterocycles. The first-order valence-corrected chi connectivity index (χ1v) is 12.0. The monoisotopic (exact) mass is 464 g/mol. The van der Waals surface area contributed by atoms with Crippen molar-refractivity contribution in [2.75, 3.05) is 25.2 Å². The Morgan fingerprint density at radius 1 is 1.03 bits per heavy atom. The fourth-order valence-corrected chi connectivity index (χ4v) is 4.90. The smallest absolute Gasteiger partial charge is 0.233 e. The number of aromatic nitrogens is 2. The maximum absolute atomic E-state index is 12.6. The Morgan fingerprint density at radius 2 is 1.81 bits per heavy atom. The molecule has 0 unspecified atom stereocenters. The molecule has 4 rings (SSSR count). The van der Waals surface area contributed by atoms with Crippen LogP contribution in [0.3, 0.4) is 0 Å². The number of benzene rings is 3. The van der Waals surface area contributed by atoms with Crippen LogP contribution in [-0.2, 0) is 17.9 Å². The second-order valence-electron chi connectivity index (χ2n) is 7.30. The van der Waals surface area contributed by atoms with Crippen LogP contribution in [0.15, 0.2) is 71.1 Å². The fourth-order valence-electron chi connectivity index (χ4n) is 3.21. The highest BCUT2D eigenvalue weighted by Gasteiger charge is 2.13. The summed E-state index contributed by atoms with van der Waals surface area (Å²) in [7, 11) is 3.49. The van der Waals surface area contributed by atoms with E-state index in [1.54, 1.807) is 12.0 Å². The van der Waals surface area contributed by atoms with Crippen molar-refractivity contribution in [3.63, 3.8) is 0 Å². The minimum absolute atomic E-state index is 0.0545. The lowest BCUT2D eigenvalue weighted by Crippen LogP contribution is -2.27. The van der Waals surface area contributed by atoms with Gasteiger partial charge in [0, 0.05) is 20.1 Å². The van der Waals surface area contributed by atoms with Crippen LogP contribution in [0, 0.1) is 0 Å². The molecule has 0 atom stereocenters. The Hall–Kier alpha value is -3.10. The van der Waals surface area contributed by atoms with Crippen LogP contribution in [0.25, 0.3) is 10.8 Å². The molecule has 0 bridgehead atoms. The molecular formula is C24H24N4O2S2. The number of hydrogen-bond donors (Lipinski definition) is 1. The van der Waals surface area contributed by atoms with E-state index in [9.17, 15) is 4.79 Å². The van der Waals surface area contributed by atoms with Crippen LogP contribution in [-0.4, -0.2) is 40.9 Å². The minimum Gasteiger partial charge on any atom is -0.497 e. The van der Waals surface area contributed by atoms with Crippen molar-refractivity contribution in [3.05, 3.63) is 77.9 Å². The van der Waals surface area contributed by atoms with Gasteiger partial charge in [0.25, 0.3) is 0 Å². The van der Waals surface area contributed by atoms with E-state index in [1.165, 1.54) is 28.7 Å². The number of anilines is 1. The summed E-state index contributed by atoms with van der Waals surface area (Å²) in [6.45, 7) is 1.25. The van der Waals surface area contributed by atoms with E-state index in [0.29, 0.717) is 18.8 Å². The van der Waals surface area contributed by atoms with Gasteiger partial charge in [0.2, 0.25) is 11.0 Å². The Labute approximate surface area is 195 Å². The molecule has 1 amide bonds. The molecule has 0 spiro atoms. The highest BCUT2D eigenvalue weighted by molar-refractivity contribution is 8.01. The largest absolute Gasteiger partial charge is 0.497 e. The number of thioether (sulfide) groups is 1. The average Bonchev–Trinajstić information content (AvgIpc) is 3.29. The second kappa shape index (κ2) is 10.5. The molecule has 164 valence electrons. The third-order valence-corrected chi connectivity index (χ3v) is 6.97. The van der Waals surface area contributed by atoms with Gasteiger partial charge in [0.1, 0.15) is 5.75 Å². The molecule has 32 heavy (non-hydrogen) atoms. The number of rotatable bonds is 9. The standard InChI is InChI=1S/C24H24N4O2S2/c1-28(15-18-8-9-20-13-21(30-2)11-10-19(20)12-18)22(29)16-31-24-27-26-23(32-24)25-14-17-6-4-3-5-7-17/h3-13H,14-16H2,1-2H3,(H,25,26). The Kier molecular flexibility index (Phi) is 7.24. The van der Waals surface area contributed by atoms with Gasteiger partial charge >= 0.3 is 0 Å². The van der Waals surface area contributed by atoms with Crippen molar-refractivity contribution in [2.45, 2.75) is 17.4 Å². The quantitative estimate of drug-likeness (QED) is 0.349. The number of methoxy groups -OCH3 is 1. The molecule has 0 aliphatic carbocycles. The van der Waals surface area contributed by atoms with E-state index in [1.807, 2.05) is 49.5 Å². The lowest BCUT2D eigenvalue weighted by molar-refractivity contribution is -0.127.